The summed E-state index contributed by atoms with van der Waals surface area (Å²) in [7, 11) is 0. The Labute approximate surface area is 164 Å². The molecular formula is C22H24N4O2. The van der Waals surface area contributed by atoms with Gasteiger partial charge in [-0.3, -0.25) is 4.79 Å². The van der Waals surface area contributed by atoms with Crippen LogP contribution < -0.4 is 10.1 Å². The Morgan fingerprint density at radius 3 is 2.61 bits per heavy atom. The molecule has 0 bridgehead atoms. The van der Waals surface area contributed by atoms with Crippen LogP contribution in [0.15, 0.2) is 61.2 Å². The summed E-state index contributed by atoms with van der Waals surface area (Å²) < 4.78 is 7.70. The summed E-state index contributed by atoms with van der Waals surface area (Å²) in [5.41, 5.74) is 0.777. The molecule has 4 rings (SSSR count). The van der Waals surface area contributed by atoms with Gasteiger partial charge in [-0.25, -0.2) is 9.97 Å². The topological polar surface area (TPSA) is 69.0 Å². The smallest absolute Gasteiger partial charge is 0.224 e. The fourth-order valence-corrected chi connectivity index (χ4v) is 3.60. The van der Waals surface area contributed by atoms with Crippen LogP contribution in [0.4, 0.5) is 5.69 Å². The molecule has 1 amide bonds. The standard InChI is InChI=1S/C22H24N4O2/c27-21(12-7-17-5-1-2-6-17)25-18-8-10-19(11-9-18)28-22-15-20(23-16-24-22)26-13-3-4-14-26/h3-4,8-11,13-17H,1-2,5-7,12H2,(H,25,27). The first-order valence-corrected chi connectivity index (χ1v) is 9.79. The minimum Gasteiger partial charge on any atom is -0.439 e. The van der Waals surface area contributed by atoms with Gasteiger partial charge in [0.05, 0.1) is 0 Å². The SMILES string of the molecule is O=C(CCC1CCCC1)Nc1ccc(Oc2cc(-n3cccc3)ncn2)cc1. The van der Waals surface area contributed by atoms with E-state index in [0.29, 0.717) is 18.1 Å². The molecule has 1 aliphatic rings. The van der Waals surface area contributed by atoms with Gasteiger partial charge in [0.1, 0.15) is 17.9 Å². The van der Waals surface area contributed by atoms with Gasteiger partial charge in [0.25, 0.3) is 0 Å². The maximum absolute atomic E-state index is 12.1. The summed E-state index contributed by atoms with van der Waals surface area (Å²) in [6.45, 7) is 0. The number of nitrogens with zero attached hydrogens (tertiary/aromatic N) is 3. The zero-order valence-corrected chi connectivity index (χ0v) is 15.8. The zero-order chi connectivity index (χ0) is 19.2. The third kappa shape index (κ3) is 4.76. The van der Waals surface area contributed by atoms with Crippen LogP contribution in [-0.4, -0.2) is 20.4 Å². The summed E-state index contributed by atoms with van der Waals surface area (Å²) in [6, 6.07) is 13.0. The van der Waals surface area contributed by atoms with E-state index >= 15 is 0 Å². The minimum absolute atomic E-state index is 0.0766. The molecule has 1 aliphatic carbocycles. The molecule has 28 heavy (non-hydrogen) atoms. The lowest BCUT2D eigenvalue weighted by molar-refractivity contribution is -0.116. The maximum Gasteiger partial charge on any atom is 0.224 e. The molecule has 1 saturated carbocycles. The average molecular weight is 376 g/mol. The van der Waals surface area contributed by atoms with Gasteiger partial charge in [-0.05, 0) is 48.7 Å². The van der Waals surface area contributed by atoms with Crippen molar-refractivity contribution in [1.82, 2.24) is 14.5 Å². The largest absolute Gasteiger partial charge is 0.439 e. The summed E-state index contributed by atoms with van der Waals surface area (Å²) >= 11 is 0. The number of nitrogens with one attached hydrogen (secondary N) is 1. The van der Waals surface area contributed by atoms with E-state index in [-0.39, 0.29) is 5.91 Å². The first-order valence-electron chi connectivity index (χ1n) is 9.79. The minimum atomic E-state index is 0.0766. The van der Waals surface area contributed by atoms with Crippen molar-refractivity contribution in [2.75, 3.05) is 5.32 Å². The van der Waals surface area contributed by atoms with Crippen LogP contribution in [0.2, 0.25) is 0 Å². The molecule has 0 radical (unpaired) electrons. The van der Waals surface area contributed by atoms with Crippen LogP contribution in [-0.2, 0) is 4.79 Å². The highest BCUT2D eigenvalue weighted by Crippen LogP contribution is 2.28. The molecule has 2 aromatic heterocycles. The number of ether oxygens (including phenoxy) is 1. The van der Waals surface area contributed by atoms with E-state index in [1.54, 1.807) is 6.07 Å². The highest BCUT2D eigenvalue weighted by Gasteiger charge is 2.16. The van der Waals surface area contributed by atoms with Crippen LogP contribution in [0, 0.1) is 5.92 Å². The lowest BCUT2D eigenvalue weighted by Crippen LogP contribution is -2.12. The second kappa shape index (κ2) is 8.69. The van der Waals surface area contributed by atoms with Crippen molar-refractivity contribution in [1.29, 1.82) is 0 Å². The Bertz CT molecular complexity index is 901. The van der Waals surface area contributed by atoms with Crippen LogP contribution >= 0.6 is 0 Å². The zero-order valence-electron chi connectivity index (χ0n) is 15.8. The van der Waals surface area contributed by atoms with Gasteiger partial charge in [-0.2, -0.15) is 0 Å². The maximum atomic E-state index is 12.1. The van der Waals surface area contributed by atoms with Crippen molar-refractivity contribution in [2.45, 2.75) is 38.5 Å². The Kier molecular flexibility index (Phi) is 5.66. The van der Waals surface area contributed by atoms with E-state index < -0.39 is 0 Å². The van der Waals surface area contributed by atoms with Gasteiger partial charge in [0, 0.05) is 30.6 Å². The highest BCUT2D eigenvalue weighted by atomic mass is 16.5. The number of carbonyl (C=O) groups is 1. The van der Waals surface area contributed by atoms with Crippen molar-refractivity contribution in [3.63, 3.8) is 0 Å². The van der Waals surface area contributed by atoms with Gasteiger partial charge in [0.2, 0.25) is 11.8 Å². The Morgan fingerprint density at radius 2 is 1.86 bits per heavy atom. The number of hydrogen-bond acceptors (Lipinski definition) is 4. The van der Waals surface area contributed by atoms with Gasteiger partial charge < -0.3 is 14.6 Å². The molecule has 6 nitrogen and oxygen atoms in total. The van der Waals surface area contributed by atoms with Gasteiger partial charge in [-0.15, -0.1) is 0 Å². The predicted molar refractivity (Wildman–Crippen MR) is 108 cm³/mol. The van der Waals surface area contributed by atoms with E-state index in [4.69, 9.17) is 4.74 Å². The number of aromatic nitrogens is 3. The first-order chi connectivity index (χ1) is 13.8. The van der Waals surface area contributed by atoms with E-state index in [1.807, 2.05) is 53.4 Å². The molecular weight excluding hydrogens is 352 g/mol. The Morgan fingerprint density at radius 1 is 1.11 bits per heavy atom. The molecule has 3 aromatic rings. The molecule has 6 heteroatoms. The molecule has 144 valence electrons. The number of hydrogen-bond donors (Lipinski definition) is 1. The van der Waals surface area contributed by atoms with E-state index in [9.17, 15) is 4.79 Å². The lowest BCUT2D eigenvalue weighted by Gasteiger charge is -2.10. The number of carbonyl (C=O) groups excluding carboxylic acids is 1. The van der Waals surface area contributed by atoms with Gasteiger partial charge >= 0.3 is 0 Å². The molecule has 2 heterocycles. The van der Waals surface area contributed by atoms with Crippen molar-refractivity contribution in [3.05, 3.63) is 61.2 Å². The van der Waals surface area contributed by atoms with Crippen molar-refractivity contribution < 1.29 is 9.53 Å². The fraction of sp³-hybridized carbons (Fsp3) is 0.318. The van der Waals surface area contributed by atoms with Crippen LogP contribution in [0.25, 0.3) is 5.82 Å². The van der Waals surface area contributed by atoms with Crippen molar-refractivity contribution in [3.8, 4) is 17.4 Å². The second-order valence-electron chi connectivity index (χ2n) is 7.17. The molecule has 0 atom stereocenters. The summed E-state index contributed by atoms with van der Waals surface area (Å²) in [6.07, 6.45) is 12.1. The molecule has 1 aromatic carbocycles. The van der Waals surface area contributed by atoms with Crippen molar-refractivity contribution >= 4 is 11.6 Å². The summed E-state index contributed by atoms with van der Waals surface area (Å²) in [5.74, 6) is 2.66. The first kappa shape index (κ1) is 18.2. The molecule has 0 spiro atoms. The lowest BCUT2D eigenvalue weighted by atomic mass is 10.0. The van der Waals surface area contributed by atoms with Crippen molar-refractivity contribution in [2.24, 2.45) is 5.92 Å². The number of anilines is 1. The predicted octanol–water partition coefficient (Wildman–Crippen LogP) is 4.97. The van der Waals surface area contributed by atoms with Crippen LogP contribution in [0.5, 0.6) is 11.6 Å². The normalized spacial score (nSPS) is 14.1. The monoisotopic (exact) mass is 376 g/mol. The summed E-state index contributed by atoms with van der Waals surface area (Å²) in [4.78, 5) is 20.5. The van der Waals surface area contributed by atoms with Gasteiger partial charge in [0.15, 0.2) is 0 Å². The Hall–Kier alpha value is -3.15. The second-order valence-corrected chi connectivity index (χ2v) is 7.17. The third-order valence-electron chi connectivity index (χ3n) is 5.11. The molecule has 0 saturated heterocycles. The molecule has 0 aliphatic heterocycles. The van der Waals surface area contributed by atoms with Crippen LogP contribution in [0.1, 0.15) is 38.5 Å². The molecule has 0 unspecified atom stereocenters. The number of amides is 1. The Balaban J connectivity index is 1.32. The molecule has 1 N–H and O–H groups in total. The quantitative estimate of drug-likeness (QED) is 0.632. The number of rotatable bonds is 7. The highest BCUT2D eigenvalue weighted by molar-refractivity contribution is 5.90. The van der Waals surface area contributed by atoms with Crippen LogP contribution in [0.3, 0.4) is 0 Å². The average Bonchev–Trinajstić information content (AvgIpc) is 3.42. The summed E-state index contributed by atoms with van der Waals surface area (Å²) in [5, 5.41) is 2.96. The van der Waals surface area contributed by atoms with E-state index in [1.165, 1.54) is 32.0 Å². The third-order valence-corrected chi connectivity index (χ3v) is 5.11. The molecule has 1 fully saturated rings. The van der Waals surface area contributed by atoms with E-state index in [0.717, 1.165) is 23.8 Å². The van der Waals surface area contributed by atoms with Gasteiger partial charge in [-0.1, -0.05) is 25.7 Å². The number of benzene rings is 1. The fourth-order valence-electron chi connectivity index (χ4n) is 3.60. The van der Waals surface area contributed by atoms with E-state index in [2.05, 4.69) is 15.3 Å².